The number of nitrogens with zero attached hydrogens (tertiary/aromatic N) is 2. The molecule has 1 aromatic heterocycles. The van der Waals surface area contributed by atoms with Crippen molar-refractivity contribution in [2.75, 3.05) is 0 Å². The molecule has 0 fully saturated rings. The summed E-state index contributed by atoms with van der Waals surface area (Å²) in [4.78, 5) is 11.9. The molecule has 0 amide bonds. The van der Waals surface area contributed by atoms with E-state index in [0.717, 1.165) is 11.3 Å². The standard InChI is InChI=1S/C13H12N2O2/c1-15-5-4-12(14-15)10-7-13(17)11-6-8(16)2-3-9(10)11/h2-6,10,16H,7H2,1H3. The Balaban J connectivity index is 2.10. The van der Waals surface area contributed by atoms with Gasteiger partial charge in [-0.3, -0.25) is 9.48 Å². The molecule has 2 aromatic rings. The number of hydrogen-bond donors (Lipinski definition) is 1. The first kappa shape index (κ1) is 10.1. The van der Waals surface area contributed by atoms with E-state index in [-0.39, 0.29) is 17.5 Å². The Morgan fingerprint density at radius 2 is 2.24 bits per heavy atom. The van der Waals surface area contributed by atoms with Gasteiger partial charge in [-0.1, -0.05) is 6.07 Å². The number of aromatic nitrogens is 2. The molecule has 0 saturated carbocycles. The second-order valence-corrected chi connectivity index (χ2v) is 4.37. The monoisotopic (exact) mass is 228 g/mol. The Kier molecular flexibility index (Phi) is 2.04. The van der Waals surface area contributed by atoms with Crippen molar-refractivity contribution in [3.05, 3.63) is 47.3 Å². The van der Waals surface area contributed by atoms with Gasteiger partial charge < -0.3 is 5.11 Å². The zero-order chi connectivity index (χ0) is 12.0. The van der Waals surface area contributed by atoms with Gasteiger partial charge >= 0.3 is 0 Å². The van der Waals surface area contributed by atoms with Gasteiger partial charge in [0.15, 0.2) is 5.78 Å². The average Bonchev–Trinajstić information content (AvgIpc) is 2.84. The van der Waals surface area contributed by atoms with E-state index in [0.29, 0.717) is 12.0 Å². The number of benzene rings is 1. The van der Waals surface area contributed by atoms with Gasteiger partial charge in [-0.2, -0.15) is 5.10 Å². The van der Waals surface area contributed by atoms with E-state index in [4.69, 9.17) is 0 Å². The van der Waals surface area contributed by atoms with Crippen molar-refractivity contribution in [3.63, 3.8) is 0 Å². The smallest absolute Gasteiger partial charge is 0.164 e. The molecule has 4 nitrogen and oxygen atoms in total. The number of hydrogen-bond acceptors (Lipinski definition) is 3. The van der Waals surface area contributed by atoms with Crippen molar-refractivity contribution in [2.45, 2.75) is 12.3 Å². The fraction of sp³-hybridized carbons (Fsp3) is 0.231. The number of Topliss-reactive ketones (excluding diaryl/α,β-unsaturated/α-hetero) is 1. The van der Waals surface area contributed by atoms with Crippen molar-refractivity contribution in [1.29, 1.82) is 0 Å². The third-order valence-corrected chi connectivity index (χ3v) is 3.19. The normalized spacial score (nSPS) is 18.4. The maximum Gasteiger partial charge on any atom is 0.164 e. The molecule has 0 radical (unpaired) electrons. The highest BCUT2D eigenvalue weighted by Gasteiger charge is 2.31. The quantitative estimate of drug-likeness (QED) is 0.810. The molecule has 1 aliphatic carbocycles. The Bertz CT molecular complexity index is 601. The molecule has 3 rings (SSSR count). The Morgan fingerprint density at radius 3 is 2.94 bits per heavy atom. The Labute approximate surface area is 98.5 Å². The number of carbonyl (C=O) groups excluding carboxylic acids is 1. The SMILES string of the molecule is Cn1ccc(C2CC(=O)c3cc(O)ccc32)n1. The summed E-state index contributed by atoms with van der Waals surface area (Å²) < 4.78 is 1.73. The van der Waals surface area contributed by atoms with Crippen LogP contribution in [-0.4, -0.2) is 20.7 Å². The maximum absolute atomic E-state index is 11.9. The lowest BCUT2D eigenvalue weighted by Crippen LogP contribution is -1.99. The van der Waals surface area contributed by atoms with Gasteiger partial charge in [-0.15, -0.1) is 0 Å². The lowest BCUT2D eigenvalue weighted by molar-refractivity contribution is 0.0990. The van der Waals surface area contributed by atoms with Crippen LogP contribution < -0.4 is 0 Å². The molecule has 0 spiro atoms. The van der Waals surface area contributed by atoms with E-state index in [1.807, 2.05) is 25.4 Å². The third kappa shape index (κ3) is 1.53. The minimum atomic E-state index is 0.0271. The van der Waals surface area contributed by atoms with Crippen LogP contribution in [-0.2, 0) is 7.05 Å². The number of ketones is 1. The van der Waals surface area contributed by atoms with Crippen LogP contribution in [0.5, 0.6) is 5.75 Å². The first-order valence-corrected chi connectivity index (χ1v) is 5.51. The highest BCUT2D eigenvalue weighted by atomic mass is 16.3. The van der Waals surface area contributed by atoms with E-state index in [1.165, 1.54) is 0 Å². The number of aryl methyl sites for hydroxylation is 1. The lowest BCUT2D eigenvalue weighted by Gasteiger charge is -2.07. The van der Waals surface area contributed by atoms with Gasteiger partial charge in [0.25, 0.3) is 0 Å². The van der Waals surface area contributed by atoms with Crippen molar-refractivity contribution in [3.8, 4) is 5.75 Å². The Hall–Kier alpha value is -2.10. The molecule has 86 valence electrons. The van der Waals surface area contributed by atoms with Crippen LogP contribution in [0.15, 0.2) is 30.5 Å². The van der Waals surface area contributed by atoms with Crippen LogP contribution >= 0.6 is 0 Å². The number of phenols is 1. The van der Waals surface area contributed by atoms with E-state index in [2.05, 4.69) is 5.10 Å². The lowest BCUT2D eigenvalue weighted by atomic mass is 9.98. The molecule has 4 heteroatoms. The first-order chi connectivity index (χ1) is 8.15. The first-order valence-electron chi connectivity index (χ1n) is 5.51. The molecule has 0 bridgehead atoms. The molecule has 1 aromatic carbocycles. The minimum absolute atomic E-state index is 0.0271. The van der Waals surface area contributed by atoms with Crippen molar-refractivity contribution < 1.29 is 9.90 Å². The highest BCUT2D eigenvalue weighted by molar-refractivity contribution is 6.02. The largest absolute Gasteiger partial charge is 0.508 e. The van der Waals surface area contributed by atoms with Crippen molar-refractivity contribution in [1.82, 2.24) is 9.78 Å². The molecule has 1 atom stereocenters. The fourth-order valence-corrected chi connectivity index (χ4v) is 2.38. The molecule has 1 N–H and O–H groups in total. The number of fused-ring (bicyclic) bond motifs is 1. The van der Waals surface area contributed by atoms with Crippen LogP contribution in [0, 0.1) is 0 Å². The van der Waals surface area contributed by atoms with Gasteiger partial charge in [0.2, 0.25) is 0 Å². The zero-order valence-electron chi connectivity index (χ0n) is 9.42. The molecular formula is C13H12N2O2. The summed E-state index contributed by atoms with van der Waals surface area (Å²) in [5.74, 6) is 0.240. The maximum atomic E-state index is 11.9. The molecular weight excluding hydrogens is 216 g/mol. The van der Waals surface area contributed by atoms with Gasteiger partial charge in [0, 0.05) is 31.1 Å². The molecule has 1 aliphatic rings. The van der Waals surface area contributed by atoms with Crippen LogP contribution in [0.3, 0.4) is 0 Å². The van der Waals surface area contributed by atoms with E-state index in [1.54, 1.807) is 16.8 Å². The third-order valence-electron chi connectivity index (χ3n) is 3.19. The molecule has 1 unspecified atom stereocenters. The molecule has 1 heterocycles. The average molecular weight is 228 g/mol. The molecule has 17 heavy (non-hydrogen) atoms. The van der Waals surface area contributed by atoms with E-state index < -0.39 is 0 Å². The van der Waals surface area contributed by atoms with Crippen LogP contribution in [0.25, 0.3) is 0 Å². The van der Waals surface area contributed by atoms with Crippen molar-refractivity contribution in [2.24, 2.45) is 7.05 Å². The summed E-state index contributed by atoms with van der Waals surface area (Å²) in [6.07, 6.45) is 2.31. The van der Waals surface area contributed by atoms with Gasteiger partial charge in [-0.25, -0.2) is 0 Å². The van der Waals surface area contributed by atoms with E-state index >= 15 is 0 Å². The summed E-state index contributed by atoms with van der Waals surface area (Å²) in [6.45, 7) is 0. The van der Waals surface area contributed by atoms with Crippen LogP contribution in [0.2, 0.25) is 0 Å². The predicted octanol–water partition coefficient (Wildman–Crippen LogP) is 1.84. The van der Waals surface area contributed by atoms with Crippen LogP contribution in [0.1, 0.15) is 34.0 Å². The second kappa shape index (κ2) is 3.45. The van der Waals surface area contributed by atoms with Crippen molar-refractivity contribution >= 4 is 5.78 Å². The highest BCUT2D eigenvalue weighted by Crippen LogP contribution is 2.38. The van der Waals surface area contributed by atoms with Gasteiger partial charge in [-0.05, 0) is 23.8 Å². The fourth-order valence-electron chi connectivity index (χ4n) is 2.38. The Morgan fingerprint density at radius 1 is 1.41 bits per heavy atom. The second-order valence-electron chi connectivity index (χ2n) is 4.37. The summed E-state index contributed by atoms with van der Waals surface area (Å²) in [6, 6.07) is 6.91. The van der Waals surface area contributed by atoms with Gasteiger partial charge in [0.05, 0.1) is 5.69 Å². The zero-order valence-corrected chi connectivity index (χ0v) is 9.42. The van der Waals surface area contributed by atoms with Crippen LogP contribution in [0.4, 0.5) is 0 Å². The summed E-state index contributed by atoms with van der Waals surface area (Å²) in [5, 5.41) is 13.8. The topological polar surface area (TPSA) is 55.1 Å². The summed E-state index contributed by atoms with van der Waals surface area (Å²) in [7, 11) is 1.86. The van der Waals surface area contributed by atoms with Gasteiger partial charge in [0.1, 0.15) is 5.75 Å². The summed E-state index contributed by atoms with van der Waals surface area (Å²) in [5.41, 5.74) is 2.50. The number of carbonyl (C=O) groups is 1. The molecule has 0 aliphatic heterocycles. The number of rotatable bonds is 1. The number of phenolic OH excluding ortho intramolecular Hbond substituents is 1. The number of aromatic hydroxyl groups is 1. The predicted molar refractivity (Wildman–Crippen MR) is 62.1 cm³/mol. The minimum Gasteiger partial charge on any atom is -0.508 e. The van der Waals surface area contributed by atoms with E-state index in [9.17, 15) is 9.90 Å². The summed E-state index contributed by atoms with van der Waals surface area (Å²) >= 11 is 0. The molecule has 0 saturated heterocycles.